The summed E-state index contributed by atoms with van der Waals surface area (Å²) in [5.74, 6) is -0.0594. The molecule has 0 aliphatic rings. The molecular formula is C14H22ClN3O. The predicted octanol–water partition coefficient (Wildman–Crippen LogP) is 2.98. The lowest BCUT2D eigenvalue weighted by molar-refractivity contribution is -0.117. The molecule has 0 aromatic heterocycles. The summed E-state index contributed by atoms with van der Waals surface area (Å²) < 4.78 is 0. The molecule has 1 rings (SSSR count). The predicted molar refractivity (Wildman–Crippen MR) is 81.5 cm³/mol. The van der Waals surface area contributed by atoms with E-state index in [2.05, 4.69) is 24.1 Å². The van der Waals surface area contributed by atoms with E-state index in [-0.39, 0.29) is 5.91 Å². The minimum Gasteiger partial charge on any atom is -0.397 e. The Balaban J connectivity index is 2.60. The van der Waals surface area contributed by atoms with Crippen LogP contribution in [0.15, 0.2) is 18.2 Å². The second-order valence-electron chi connectivity index (χ2n) is 4.56. The summed E-state index contributed by atoms with van der Waals surface area (Å²) in [6, 6.07) is 5.06. The number of nitrogens with zero attached hydrogens (tertiary/aromatic N) is 1. The molecule has 0 aliphatic carbocycles. The fraction of sp³-hybridized carbons (Fsp3) is 0.500. The molecule has 0 aliphatic heterocycles. The van der Waals surface area contributed by atoms with Gasteiger partial charge in [0.15, 0.2) is 0 Å². The first-order valence-electron chi connectivity index (χ1n) is 6.64. The standard InChI is InChI=1S/C14H22ClN3O/c1-3-7-18(8-4-2)10-14(19)17-13-9-11(15)5-6-12(13)16/h5-6,9H,3-4,7-8,10,16H2,1-2H3,(H,17,19). The van der Waals surface area contributed by atoms with E-state index >= 15 is 0 Å². The summed E-state index contributed by atoms with van der Waals surface area (Å²) in [7, 11) is 0. The maximum Gasteiger partial charge on any atom is 0.238 e. The van der Waals surface area contributed by atoms with Gasteiger partial charge in [-0.15, -0.1) is 0 Å². The van der Waals surface area contributed by atoms with Crippen LogP contribution in [0, 0.1) is 0 Å². The molecule has 0 radical (unpaired) electrons. The number of nitrogens with one attached hydrogen (secondary N) is 1. The first kappa shape index (κ1) is 15.8. The molecule has 0 saturated carbocycles. The van der Waals surface area contributed by atoms with Crippen LogP contribution < -0.4 is 11.1 Å². The van der Waals surface area contributed by atoms with Gasteiger partial charge in [-0.3, -0.25) is 9.69 Å². The molecule has 0 fully saturated rings. The Morgan fingerprint density at radius 2 is 1.95 bits per heavy atom. The number of rotatable bonds is 7. The van der Waals surface area contributed by atoms with Crippen molar-refractivity contribution in [1.29, 1.82) is 0 Å². The molecule has 1 aromatic rings. The van der Waals surface area contributed by atoms with E-state index in [4.69, 9.17) is 17.3 Å². The Morgan fingerprint density at radius 3 is 2.53 bits per heavy atom. The minimum absolute atomic E-state index is 0.0594. The number of nitrogens with two attached hydrogens (primary N) is 1. The van der Waals surface area contributed by atoms with Gasteiger partial charge in [-0.1, -0.05) is 25.4 Å². The quantitative estimate of drug-likeness (QED) is 0.757. The van der Waals surface area contributed by atoms with E-state index in [9.17, 15) is 4.79 Å². The molecule has 0 spiro atoms. The molecule has 1 amide bonds. The monoisotopic (exact) mass is 283 g/mol. The lowest BCUT2D eigenvalue weighted by Gasteiger charge is -2.20. The maximum absolute atomic E-state index is 12.0. The number of amides is 1. The van der Waals surface area contributed by atoms with Gasteiger partial charge in [0.05, 0.1) is 17.9 Å². The number of benzene rings is 1. The number of hydrogen-bond donors (Lipinski definition) is 2. The number of anilines is 2. The lowest BCUT2D eigenvalue weighted by atomic mass is 10.2. The molecular weight excluding hydrogens is 262 g/mol. The molecule has 0 heterocycles. The van der Waals surface area contributed by atoms with Gasteiger partial charge < -0.3 is 11.1 Å². The van der Waals surface area contributed by atoms with Gasteiger partial charge in [0.2, 0.25) is 5.91 Å². The van der Waals surface area contributed by atoms with E-state index in [1.54, 1.807) is 18.2 Å². The van der Waals surface area contributed by atoms with E-state index in [0.717, 1.165) is 25.9 Å². The Bertz CT molecular complexity index is 417. The molecule has 0 saturated heterocycles. The van der Waals surface area contributed by atoms with Gasteiger partial charge in [-0.05, 0) is 44.1 Å². The molecule has 19 heavy (non-hydrogen) atoms. The highest BCUT2D eigenvalue weighted by Crippen LogP contribution is 2.22. The number of hydrogen-bond acceptors (Lipinski definition) is 3. The molecule has 5 heteroatoms. The highest BCUT2D eigenvalue weighted by atomic mass is 35.5. The molecule has 0 atom stereocenters. The largest absolute Gasteiger partial charge is 0.397 e. The van der Waals surface area contributed by atoms with Gasteiger partial charge in [0, 0.05) is 5.02 Å². The Hall–Kier alpha value is -1.26. The fourth-order valence-electron chi connectivity index (χ4n) is 1.93. The molecule has 1 aromatic carbocycles. The van der Waals surface area contributed by atoms with Crippen molar-refractivity contribution in [1.82, 2.24) is 4.90 Å². The molecule has 4 nitrogen and oxygen atoms in total. The number of halogens is 1. The van der Waals surface area contributed by atoms with Gasteiger partial charge in [0.1, 0.15) is 0 Å². The number of carbonyl (C=O) groups is 1. The van der Waals surface area contributed by atoms with E-state index in [1.165, 1.54) is 0 Å². The second-order valence-corrected chi connectivity index (χ2v) is 4.99. The van der Waals surface area contributed by atoms with Crippen LogP contribution in [0.4, 0.5) is 11.4 Å². The lowest BCUT2D eigenvalue weighted by Crippen LogP contribution is -2.34. The van der Waals surface area contributed by atoms with Crippen molar-refractivity contribution in [3.8, 4) is 0 Å². The smallest absolute Gasteiger partial charge is 0.238 e. The average Bonchev–Trinajstić information content (AvgIpc) is 2.34. The number of nitrogen functional groups attached to an aromatic ring is 1. The summed E-state index contributed by atoms with van der Waals surface area (Å²) in [6.07, 6.45) is 2.07. The zero-order valence-corrected chi connectivity index (χ0v) is 12.3. The third kappa shape index (κ3) is 5.49. The summed E-state index contributed by atoms with van der Waals surface area (Å²) in [4.78, 5) is 14.1. The van der Waals surface area contributed by atoms with Crippen LogP contribution in [-0.2, 0) is 4.79 Å². The van der Waals surface area contributed by atoms with Crippen molar-refractivity contribution in [3.05, 3.63) is 23.2 Å². The third-order valence-electron chi connectivity index (χ3n) is 2.74. The van der Waals surface area contributed by atoms with Crippen LogP contribution in [-0.4, -0.2) is 30.4 Å². The van der Waals surface area contributed by atoms with E-state index in [0.29, 0.717) is 22.9 Å². The number of carbonyl (C=O) groups excluding carboxylic acids is 1. The van der Waals surface area contributed by atoms with Crippen LogP contribution >= 0.6 is 11.6 Å². The van der Waals surface area contributed by atoms with Crippen LogP contribution in [0.5, 0.6) is 0 Å². The summed E-state index contributed by atoms with van der Waals surface area (Å²) in [5, 5.41) is 3.37. The second kappa shape index (κ2) is 8.02. The van der Waals surface area contributed by atoms with Crippen molar-refractivity contribution in [3.63, 3.8) is 0 Å². The first-order valence-corrected chi connectivity index (χ1v) is 7.01. The van der Waals surface area contributed by atoms with Crippen LogP contribution in [0.1, 0.15) is 26.7 Å². The summed E-state index contributed by atoms with van der Waals surface area (Å²) in [6.45, 7) is 6.44. The average molecular weight is 284 g/mol. The van der Waals surface area contributed by atoms with E-state index < -0.39 is 0 Å². The van der Waals surface area contributed by atoms with Gasteiger partial charge >= 0.3 is 0 Å². The fourth-order valence-corrected chi connectivity index (χ4v) is 2.10. The maximum atomic E-state index is 12.0. The molecule has 106 valence electrons. The van der Waals surface area contributed by atoms with Gasteiger partial charge in [-0.25, -0.2) is 0 Å². The Morgan fingerprint density at radius 1 is 1.32 bits per heavy atom. The summed E-state index contributed by atoms with van der Waals surface area (Å²) >= 11 is 5.89. The van der Waals surface area contributed by atoms with Crippen molar-refractivity contribution >= 4 is 28.9 Å². The van der Waals surface area contributed by atoms with Crippen molar-refractivity contribution in [2.45, 2.75) is 26.7 Å². The van der Waals surface area contributed by atoms with Gasteiger partial charge in [-0.2, -0.15) is 0 Å². The SMILES string of the molecule is CCCN(CCC)CC(=O)Nc1cc(Cl)ccc1N. The topological polar surface area (TPSA) is 58.4 Å². The third-order valence-corrected chi connectivity index (χ3v) is 2.97. The van der Waals surface area contributed by atoms with Crippen molar-refractivity contribution < 1.29 is 4.79 Å². The van der Waals surface area contributed by atoms with Crippen LogP contribution in [0.25, 0.3) is 0 Å². The Labute approximate surface area is 119 Å². The van der Waals surface area contributed by atoms with Gasteiger partial charge in [0.25, 0.3) is 0 Å². The zero-order valence-electron chi connectivity index (χ0n) is 11.6. The van der Waals surface area contributed by atoms with Crippen molar-refractivity contribution in [2.75, 3.05) is 30.7 Å². The normalized spacial score (nSPS) is 10.7. The summed E-state index contributed by atoms with van der Waals surface area (Å²) in [5.41, 5.74) is 6.90. The van der Waals surface area contributed by atoms with Crippen LogP contribution in [0.2, 0.25) is 5.02 Å². The zero-order chi connectivity index (χ0) is 14.3. The highest BCUT2D eigenvalue weighted by Gasteiger charge is 2.10. The Kier molecular flexibility index (Phi) is 6.67. The van der Waals surface area contributed by atoms with Crippen molar-refractivity contribution in [2.24, 2.45) is 0 Å². The first-order chi connectivity index (χ1) is 9.06. The van der Waals surface area contributed by atoms with E-state index in [1.807, 2.05) is 0 Å². The highest BCUT2D eigenvalue weighted by molar-refractivity contribution is 6.31. The molecule has 3 N–H and O–H groups in total. The molecule has 0 bridgehead atoms. The minimum atomic E-state index is -0.0594. The van der Waals surface area contributed by atoms with Crippen LogP contribution in [0.3, 0.4) is 0 Å². The molecule has 0 unspecified atom stereocenters.